The summed E-state index contributed by atoms with van der Waals surface area (Å²) in [5.41, 5.74) is 0.562. The maximum absolute atomic E-state index is 11.4. The van der Waals surface area contributed by atoms with E-state index in [2.05, 4.69) is 17.0 Å². The highest BCUT2D eigenvalue weighted by molar-refractivity contribution is 5.75. The molecule has 1 aromatic carbocycles. The van der Waals surface area contributed by atoms with Gasteiger partial charge in [-0.2, -0.15) is 0 Å². The van der Waals surface area contributed by atoms with Gasteiger partial charge >= 0.3 is 5.97 Å². The van der Waals surface area contributed by atoms with E-state index in [9.17, 15) is 9.90 Å². The van der Waals surface area contributed by atoms with Crippen molar-refractivity contribution in [1.29, 1.82) is 0 Å². The van der Waals surface area contributed by atoms with Crippen molar-refractivity contribution in [2.24, 2.45) is 5.41 Å². The minimum absolute atomic E-state index is 0.331. The van der Waals surface area contributed by atoms with Crippen molar-refractivity contribution in [3.8, 4) is 0 Å². The van der Waals surface area contributed by atoms with Gasteiger partial charge in [-0.25, -0.2) is 0 Å². The number of hydrogen-bond acceptors (Lipinski definition) is 3. The Morgan fingerprint density at radius 2 is 2.16 bits per heavy atom. The first kappa shape index (κ1) is 14.0. The monoisotopic (exact) mass is 263 g/mol. The molecule has 1 fully saturated rings. The largest absolute Gasteiger partial charge is 0.481 e. The third-order valence-electron chi connectivity index (χ3n) is 3.75. The number of likely N-dealkylation sites (N-methyl/N-ethyl adjacent to an activating group) is 1. The van der Waals surface area contributed by atoms with Gasteiger partial charge < -0.3 is 14.7 Å². The van der Waals surface area contributed by atoms with Crippen LogP contribution in [-0.2, 0) is 16.0 Å². The molecule has 4 heteroatoms. The van der Waals surface area contributed by atoms with Crippen LogP contribution in [-0.4, -0.2) is 49.3 Å². The van der Waals surface area contributed by atoms with Crippen molar-refractivity contribution in [1.82, 2.24) is 4.90 Å². The standard InChI is InChI=1S/C15H21NO3/c1-16(9-7-13-5-3-2-4-6-13)11-15(14(17)18)8-10-19-12-15/h2-6H,7-12H2,1H3,(H,17,18). The summed E-state index contributed by atoms with van der Waals surface area (Å²) in [5, 5.41) is 9.39. The highest BCUT2D eigenvalue weighted by Gasteiger charge is 2.43. The van der Waals surface area contributed by atoms with Crippen LogP contribution < -0.4 is 0 Å². The van der Waals surface area contributed by atoms with E-state index >= 15 is 0 Å². The van der Waals surface area contributed by atoms with Crippen molar-refractivity contribution in [3.63, 3.8) is 0 Å². The molecule has 1 atom stereocenters. The van der Waals surface area contributed by atoms with Crippen LogP contribution in [0.5, 0.6) is 0 Å². The Balaban J connectivity index is 1.86. The van der Waals surface area contributed by atoms with Crippen molar-refractivity contribution < 1.29 is 14.6 Å². The third-order valence-corrected chi connectivity index (χ3v) is 3.75. The van der Waals surface area contributed by atoms with Gasteiger partial charge in [0.15, 0.2) is 0 Å². The molecule has 1 N–H and O–H groups in total. The summed E-state index contributed by atoms with van der Waals surface area (Å²) < 4.78 is 5.28. The number of nitrogens with zero attached hydrogens (tertiary/aromatic N) is 1. The zero-order chi connectivity index (χ0) is 13.7. The summed E-state index contributed by atoms with van der Waals surface area (Å²) in [6.45, 7) is 2.30. The molecule has 4 nitrogen and oxygen atoms in total. The van der Waals surface area contributed by atoms with Crippen LogP contribution in [0.15, 0.2) is 30.3 Å². The molecular weight excluding hydrogens is 242 g/mol. The fourth-order valence-electron chi connectivity index (χ4n) is 2.53. The number of benzene rings is 1. The molecule has 1 aromatic rings. The molecule has 1 aliphatic heterocycles. The molecule has 1 saturated heterocycles. The van der Waals surface area contributed by atoms with Gasteiger partial charge in [-0.15, -0.1) is 0 Å². The number of ether oxygens (including phenoxy) is 1. The molecule has 0 aliphatic carbocycles. The van der Waals surface area contributed by atoms with Gasteiger partial charge in [-0.05, 0) is 25.5 Å². The van der Waals surface area contributed by atoms with Crippen LogP contribution >= 0.6 is 0 Å². The Bertz CT molecular complexity index is 413. The zero-order valence-electron chi connectivity index (χ0n) is 11.3. The predicted molar refractivity (Wildman–Crippen MR) is 73.1 cm³/mol. The molecule has 0 bridgehead atoms. The van der Waals surface area contributed by atoms with Gasteiger partial charge in [-0.3, -0.25) is 4.79 Å². The normalized spacial score (nSPS) is 22.8. The van der Waals surface area contributed by atoms with Crippen LogP contribution in [0.1, 0.15) is 12.0 Å². The van der Waals surface area contributed by atoms with Crippen LogP contribution in [0.2, 0.25) is 0 Å². The van der Waals surface area contributed by atoms with Crippen molar-refractivity contribution >= 4 is 5.97 Å². The smallest absolute Gasteiger partial charge is 0.313 e. The highest BCUT2D eigenvalue weighted by Crippen LogP contribution is 2.29. The van der Waals surface area contributed by atoms with E-state index in [0.717, 1.165) is 13.0 Å². The first-order valence-electron chi connectivity index (χ1n) is 6.66. The lowest BCUT2D eigenvalue weighted by Gasteiger charge is -2.28. The Hall–Kier alpha value is -1.39. The van der Waals surface area contributed by atoms with Gasteiger partial charge in [0, 0.05) is 19.7 Å². The first-order valence-corrected chi connectivity index (χ1v) is 6.66. The second-order valence-electron chi connectivity index (χ2n) is 5.36. The quantitative estimate of drug-likeness (QED) is 0.848. The van der Waals surface area contributed by atoms with Crippen LogP contribution in [0.4, 0.5) is 0 Å². The Morgan fingerprint density at radius 3 is 2.74 bits per heavy atom. The van der Waals surface area contributed by atoms with E-state index in [1.165, 1.54) is 5.56 Å². The minimum atomic E-state index is -0.739. The lowest BCUT2D eigenvalue weighted by Crippen LogP contribution is -2.43. The van der Waals surface area contributed by atoms with E-state index in [4.69, 9.17) is 4.74 Å². The number of hydrogen-bond donors (Lipinski definition) is 1. The summed E-state index contributed by atoms with van der Waals surface area (Å²) in [7, 11) is 1.98. The molecule has 19 heavy (non-hydrogen) atoms. The number of carbonyl (C=O) groups is 1. The predicted octanol–water partition coefficient (Wildman–Crippen LogP) is 1.65. The molecule has 1 aliphatic rings. The summed E-state index contributed by atoms with van der Waals surface area (Å²) in [6.07, 6.45) is 1.55. The minimum Gasteiger partial charge on any atom is -0.481 e. The molecule has 0 saturated carbocycles. The number of aliphatic carboxylic acids is 1. The maximum atomic E-state index is 11.4. The SMILES string of the molecule is CN(CCc1ccccc1)CC1(C(=O)O)CCOC1. The van der Waals surface area contributed by atoms with E-state index in [1.54, 1.807) is 0 Å². The van der Waals surface area contributed by atoms with E-state index in [1.807, 2.05) is 25.2 Å². The molecule has 104 valence electrons. The van der Waals surface area contributed by atoms with Crippen molar-refractivity contribution in [3.05, 3.63) is 35.9 Å². The van der Waals surface area contributed by atoms with Gasteiger partial charge in [0.05, 0.1) is 6.61 Å². The van der Waals surface area contributed by atoms with Gasteiger partial charge in [-0.1, -0.05) is 30.3 Å². The average Bonchev–Trinajstić information content (AvgIpc) is 2.87. The molecule has 0 amide bonds. The molecule has 2 rings (SSSR count). The summed E-state index contributed by atoms with van der Waals surface area (Å²) in [6, 6.07) is 10.2. The molecule has 1 heterocycles. The Morgan fingerprint density at radius 1 is 1.42 bits per heavy atom. The van der Waals surface area contributed by atoms with Crippen molar-refractivity contribution in [2.75, 3.05) is 33.4 Å². The summed E-state index contributed by atoms with van der Waals surface area (Å²) >= 11 is 0. The van der Waals surface area contributed by atoms with Gasteiger partial charge in [0.1, 0.15) is 5.41 Å². The average molecular weight is 263 g/mol. The summed E-state index contributed by atoms with van der Waals surface area (Å²) in [4.78, 5) is 13.5. The lowest BCUT2D eigenvalue weighted by atomic mass is 9.87. The van der Waals surface area contributed by atoms with Crippen LogP contribution in [0.3, 0.4) is 0 Å². The van der Waals surface area contributed by atoms with Crippen molar-refractivity contribution in [2.45, 2.75) is 12.8 Å². The first-order chi connectivity index (χ1) is 9.12. The third kappa shape index (κ3) is 3.55. The number of carboxylic acids is 1. The fraction of sp³-hybridized carbons (Fsp3) is 0.533. The maximum Gasteiger partial charge on any atom is 0.313 e. The van der Waals surface area contributed by atoms with E-state index in [-0.39, 0.29) is 0 Å². The van der Waals surface area contributed by atoms with E-state index < -0.39 is 11.4 Å². The van der Waals surface area contributed by atoms with Crippen LogP contribution in [0.25, 0.3) is 0 Å². The Labute approximate surface area is 114 Å². The second kappa shape index (κ2) is 6.17. The second-order valence-corrected chi connectivity index (χ2v) is 5.36. The molecular formula is C15H21NO3. The number of rotatable bonds is 6. The topological polar surface area (TPSA) is 49.8 Å². The molecule has 0 aromatic heterocycles. The number of carboxylic acid groups (broad SMARTS) is 1. The van der Waals surface area contributed by atoms with E-state index in [0.29, 0.717) is 26.2 Å². The zero-order valence-corrected chi connectivity index (χ0v) is 11.3. The summed E-state index contributed by atoms with van der Waals surface area (Å²) in [5.74, 6) is -0.739. The molecule has 0 spiro atoms. The molecule has 1 unspecified atom stereocenters. The lowest BCUT2D eigenvalue weighted by molar-refractivity contribution is -0.150. The fourth-order valence-corrected chi connectivity index (χ4v) is 2.53. The highest BCUT2D eigenvalue weighted by atomic mass is 16.5. The van der Waals surface area contributed by atoms with Gasteiger partial charge in [0.25, 0.3) is 0 Å². The molecule has 0 radical (unpaired) electrons. The van der Waals surface area contributed by atoms with Gasteiger partial charge in [0.2, 0.25) is 0 Å². The Kier molecular flexibility index (Phi) is 4.56. The van der Waals surface area contributed by atoms with Crippen LogP contribution in [0, 0.1) is 5.41 Å².